The number of anilines is 2. The molecule has 0 aliphatic heterocycles. The molecule has 0 bridgehead atoms. The van der Waals surface area contributed by atoms with Crippen LogP contribution >= 0.6 is 0 Å². The van der Waals surface area contributed by atoms with E-state index < -0.39 is 0 Å². The van der Waals surface area contributed by atoms with Crippen molar-refractivity contribution in [2.45, 2.75) is 47.1 Å². The maximum absolute atomic E-state index is 13.5. The van der Waals surface area contributed by atoms with Gasteiger partial charge in [0.15, 0.2) is 0 Å². The number of carbonyl (C=O) groups is 2. The van der Waals surface area contributed by atoms with Gasteiger partial charge in [-0.15, -0.1) is 0 Å². The number of amides is 3. The molecule has 0 saturated heterocycles. The molecule has 7 nitrogen and oxygen atoms in total. The summed E-state index contributed by atoms with van der Waals surface area (Å²) in [5, 5.41) is 10.8. The van der Waals surface area contributed by atoms with Crippen LogP contribution in [-0.2, 0) is 11.2 Å². The molecule has 3 amide bonds. The minimum atomic E-state index is -0.324. The number of nitrogens with one attached hydrogen (secondary N) is 2. The number of para-hydroxylation sites is 1. The molecule has 7 heteroatoms. The lowest BCUT2D eigenvalue weighted by Crippen LogP contribution is -2.44. The molecule has 38 heavy (non-hydrogen) atoms. The second-order valence-electron chi connectivity index (χ2n) is 9.63. The van der Waals surface area contributed by atoms with Gasteiger partial charge in [-0.2, -0.15) is 5.10 Å². The van der Waals surface area contributed by atoms with Crippen molar-refractivity contribution in [2.24, 2.45) is 0 Å². The first-order valence-corrected chi connectivity index (χ1v) is 13.0. The second-order valence-corrected chi connectivity index (χ2v) is 9.63. The van der Waals surface area contributed by atoms with Gasteiger partial charge in [-0.1, -0.05) is 67.6 Å². The van der Waals surface area contributed by atoms with Crippen molar-refractivity contribution >= 4 is 23.4 Å². The van der Waals surface area contributed by atoms with Crippen LogP contribution in [0.1, 0.15) is 37.6 Å². The van der Waals surface area contributed by atoms with Gasteiger partial charge in [0.2, 0.25) is 5.91 Å². The highest BCUT2D eigenvalue weighted by Gasteiger charge is 2.24. The number of benzene rings is 3. The van der Waals surface area contributed by atoms with Gasteiger partial charge in [0.05, 0.1) is 11.4 Å². The molecule has 1 heterocycles. The Morgan fingerprint density at radius 3 is 2.32 bits per heavy atom. The molecular weight excluding hydrogens is 474 g/mol. The van der Waals surface area contributed by atoms with E-state index in [9.17, 15) is 9.59 Å². The summed E-state index contributed by atoms with van der Waals surface area (Å²) in [6.45, 7) is 9.70. The second kappa shape index (κ2) is 11.8. The maximum Gasteiger partial charge on any atom is 0.322 e. The Balaban J connectivity index is 1.63. The number of carbonyl (C=O) groups excluding carboxylic acids is 2. The van der Waals surface area contributed by atoms with Crippen molar-refractivity contribution in [1.29, 1.82) is 0 Å². The summed E-state index contributed by atoms with van der Waals surface area (Å²) in [5.74, 6) is 0.274. The first kappa shape index (κ1) is 26.7. The van der Waals surface area contributed by atoms with E-state index in [0.717, 1.165) is 40.1 Å². The zero-order chi connectivity index (χ0) is 27.2. The van der Waals surface area contributed by atoms with Crippen LogP contribution in [0.4, 0.5) is 16.3 Å². The summed E-state index contributed by atoms with van der Waals surface area (Å²) in [6.07, 6.45) is 0.873. The van der Waals surface area contributed by atoms with E-state index in [1.54, 1.807) is 4.68 Å². The molecule has 0 atom stereocenters. The summed E-state index contributed by atoms with van der Waals surface area (Å²) in [4.78, 5) is 28.2. The Bertz CT molecular complexity index is 1430. The van der Waals surface area contributed by atoms with Crippen molar-refractivity contribution in [2.75, 3.05) is 17.2 Å². The van der Waals surface area contributed by atoms with Gasteiger partial charge < -0.3 is 15.5 Å². The van der Waals surface area contributed by atoms with Crippen LogP contribution < -0.4 is 10.6 Å². The van der Waals surface area contributed by atoms with Crippen LogP contribution in [0.3, 0.4) is 0 Å². The molecule has 0 spiro atoms. The molecule has 1 aromatic heterocycles. The summed E-state index contributed by atoms with van der Waals surface area (Å²) in [7, 11) is 0. The van der Waals surface area contributed by atoms with E-state index in [0.29, 0.717) is 11.5 Å². The fourth-order valence-corrected chi connectivity index (χ4v) is 4.45. The van der Waals surface area contributed by atoms with Crippen LogP contribution in [0.25, 0.3) is 16.8 Å². The van der Waals surface area contributed by atoms with Crippen LogP contribution in [0.15, 0.2) is 78.9 Å². The minimum Gasteiger partial charge on any atom is -0.313 e. The van der Waals surface area contributed by atoms with E-state index in [2.05, 4.69) is 17.6 Å². The van der Waals surface area contributed by atoms with Crippen LogP contribution in [-0.4, -0.2) is 39.2 Å². The van der Waals surface area contributed by atoms with Gasteiger partial charge >= 0.3 is 6.03 Å². The molecule has 0 unspecified atom stereocenters. The lowest BCUT2D eigenvalue weighted by molar-refractivity contribution is -0.117. The smallest absolute Gasteiger partial charge is 0.313 e. The predicted octanol–water partition coefficient (Wildman–Crippen LogP) is 6.60. The third-order valence-corrected chi connectivity index (χ3v) is 6.51. The van der Waals surface area contributed by atoms with Crippen molar-refractivity contribution in [3.8, 4) is 16.8 Å². The largest absolute Gasteiger partial charge is 0.322 e. The topological polar surface area (TPSA) is 79.3 Å². The van der Waals surface area contributed by atoms with Crippen molar-refractivity contribution in [1.82, 2.24) is 14.7 Å². The molecule has 196 valence electrons. The molecule has 0 saturated carbocycles. The Morgan fingerprint density at radius 2 is 1.63 bits per heavy atom. The van der Waals surface area contributed by atoms with Gasteiger partial charge in [0, 0.05) is 17.3 Å². The van der Waals surface area contributed by atoms with E-state index in [-0.39, 0.29) is 24.5 Å². The molecule has 3 aromatic carbocycles. The van der Waals surface area contributed by atoms with Crippen molar-refractivity contribution in [3.63, 3.8) is 0 Å². The van der Waals surface area contributed by atoms with Gasteiger partial charge in [-0.25, -0.2) is 9.48 Å². The lowest BCUT2D eigenvalue weighted by atomic mass is 10.1. The summed E-state index contributed by atoms with van der Waals surface area (Å²) >= 11 is 0. The number of hydrogen-bond acceptors (Lipinski definition) is 3. The Kier molecular flexibility index (Phi) is 8.26. The normalized spacial score (nSPS) is 10.9. The first-order chi connectivity index (χ1) is 18.3. The Labute approximate surface area is 224 Å². The predicted molar refractivity (Wildman–Crippen MR) is 154 cm³/mol. The lowest BCUT2D eigenvalue weighted by Gasteiger charge is -2.26. The van der Waals surface area contributed by atoms with Crippen LogP contribution in [0.5, 0.6) is 0 Å². The highest BCUT2D eigenvalue weighted by molar-refractivity contribution is 5.99. The van der Waals surface area contributed by atoms with Crippen LogP contribution in [0, 0.1) is 13.8 Å². The number of aromatic nitrogens is 2. The van der Waals surface area contributed by atoms with Gasteiger partial charge in [0.25, 0.3) is 0 Å². The monoisotopic (exact) mass is 509 g/mol. The zero-order valence-corrected chi connectivity index (χ0v) is 22.7. The quantitative estimate of drug-likeness (QED) is 0.281. The van der Waals surface area contributed by atoms with E-state index >= 15 is 0 Å². The zero-order valence-electron chi connectivity index (χ0n) is 22.7. The number of aryl methyl sites for hydroxylation is 3. The molecule has 0 fully saturated rings. The summed E-state index contributed by atoms with van der Waals surface area (Å²) < 4.78 is 1.78. The highest BCUT2D eigenvalue weighted by atomic mass is 16.2. The standard InChI is InChI=1S/C31H35N5O2/c1-6-24-14-12-17-26(19-24)32-31(38)35(21(2)3)20-28(37)33-30-29(25-15-8-7-9-16-25)23(5)34-36(30)27-18-11-10-13-22(27)4/h7-19,21H,6,20H2,1-5H3,(H,32,38)(H,33,37). The average Bonchev–Trinajstić information content (AvgIpc) is 3.22. The number of hydrogen-bond donors (Lipinski definition) is 2. The van der Waals surface area contributed by atoms with E-state index in [1.807, 2.05) is 107 Å². The molecule has 0 aliphatic carbocycles. The van der Waals surface area contributed by atoms with E-state index in [4.69, 9.17) is 5.10 Å². The number of rotatable bonds is 8. The number of nitrogens with zero attached hydrogens (tertiary/aromatic N) is 3. The van der Waals surface area contributed by atoms with Gasteiger partial charge in [-0.05, 0) is 69.0 Å². The first-order valence-electron chi connectivity index (χ1n) is 13.0. The van der Waals surface area contributed by atoms with Crippen molar-refractivity contribution in [3.05, 3.63) is 95.7 Å². The summed E-state index contributed by atoms with van der Waals surface area (Å²) in [6, 6.07) is 25.0. The number of urea groups is 1. The van der Waals surface area contributed by atoms with Crippen molar-refractivity contribution < 1.29 is 9.59 Å². The fraction of sp³-hybridized carbons (Fsp3) is 0.258. The molecule has 4 rings (SSSR count). The fourth-order valence-electron chi connectivity index (χ4n) is 4.45. The Hall–Kier alpha value is -4.39. The van der Waals surface area contributed by atoms with E-state index in [1.165, 1.54) is 4.90 Å². The third kappa shape index (κ3) is 5.94. The Morgan fingerprint density at radius 1 is 0.921 bits per heavy atom. The third-order valence-electron chi connectivity index (χ3n) is 6.51. The molecule has 4 aromatic rings. The minimum absolute atomic E-state index is 0.108. The summed E-state index contributed by atoms with van der Waals surface area (Å²) in [5.41, 5.74) is 6.34. The molecule has 0 radical (unpaired) electrons. The van der Waals surface area contributed by atoms with Gasteiger partial charge in [0.1, 0.15) is 12.4 Å². The molecule has 0 aliphatic rings. The van der Waals surface area contributed by atoms with Crippen LogP contribution in [0.2, 0.25) is 0 Å². The average molecular weight is 510 g/mol. The highest BCUT2D eigenvalue weighted by Crippen LogP contribution is 2.34. The maximum atomic E-state index is 13.5. The molecule has 2 N–H and O–H groups in total. The SMILES string of the molecule is CCc1cccc(NC(=O)N(CC(=O)Nc2c(-c3ccccc3)c(C)nn2-c2ccccc2C)C(C)C)c1. The molecular formula is C31H35N5O2. The van der Waals surface area contributed by atoms with Gasteiger partial charge in [-0.3, -0.25) is 4.79 Å².